The number of hydrogen-bond acceptors (Lipinski definition) is 7. The van der Waals surface area contributed by atoms with Gasteiger partial charge in [-0.15, -0.1) is 0 Å². The molecule has 182 valence electrons. The van der Waals surface area contributed by atoms with Crippen molar-refractivity contribution in [3.8, 4) is 0 Å². The van der Waals surface area contributed by atoms with Crippen molar-refractivity contribution in [2.45, 2.75) is 39.0 Å². The van der Waals surface area contributed by atoms with Gasteiger partial charge in [0.15, 0.2) is 5.65 Å². The van der Waals surface area contributed by atoms with Gasteiger partial charge in [-0.2, -0.15) is 4.31 Å². The van der Waals surface area contributed by atoms with Gasteiger partial charge in [0.05, 0.1) is 16.3 Å². The van der Waals surface area contributed by atoms with Crippen LogP contribution in [0.25, 0.3) is 11.2 Å². The molecule has 34 heavy (non-hydrogen) atoms. The van der Waals surface area contributed by atoms with Crippen molar-refractivity contribution >= 4 is 38.8 Å². The van der Waals surface area contributed by atoms with Gasteiger partial charge < -0.3 is 10.4 Å². The third-order valence-corrected chi connectivity index (χ3v) is 7.51. The van der Waals surface area contributed by atoms with Gasteiger partial charge in [-0.05, 0) is 38.0 Å². The first-order valence-electron chi connectivity index (χ1n) is 11.2. The molecule has 2 N–H and O–H groups in total. The Kier molecular flexibility index (Phi) is 8.00. The molecule has 0 fully saturated rings. The van der Waals surface area contributed by atoms with Crippen molar-refractivity contribution < 1.29 is 18.3 Å². The molecule has 0 saturated heterocycles. The lowest BCUT2D eigenvalue weighted by Gasteiger charge is -2.19. The predicted molar refractivity (Wildman–Crippen MR) is 132 cm³/mol. The number of aryl methyl sites for hydroxylation is 1. The zero-order chi connectivity index (χ0) is 24.9. The molecule has 0 aliphatic rings. The fourth-order valence-electron chi connectivity index (χ4n) is 3.62. The fourth-order valence-corrected chi connectivity index (χ4v) is 5.08. The highest BCUT2D eigenvalue weighted by Crippen LogP contribution is 2.25. The van der Waals surface area contributed by atoms with Crippen LogP contribution in [0.2, 0.25) is 0 Å². The van der Waals surface area contributed by atoms with Crippen molar-refractivity contribution in [1.82, 2.24) is 19.3 Å². The summed E-state index contributed by atoms with van der Waals surface area (Å²) in [5.41, 5.74) is 3.20. The summed E-state index contributed by atoms with van der Waals surface area (Å²) < 4.78 is 26.7. The van der Waals surface area contributed by atoms with Crippen LogP contribution in [0.4, 0.5) is 16.3 Å². The third-order valence-electron chi connectivity index (χ3n) is 5.44. The SMILES string of the molecule is CCN(C(=O)O)c1cc(NCCc2ccc(S(=O)(=O)N(CC)CC)cc2)c2ncc(C)nc2n1. The Morgan fingerprint density at radius 2 is 1.74 bits per heavy atom. The topological polar surface area (TPSA) is 129 Å². The Morgan fingerprint density at radius 3 is 2.32 bits per heavy atom. The number of carboxylic acid groups (broad SMARTS) is 1. The highest BCUT2D eigenvalue weighted by atomic mass is 32.2. The summed E-state index contributed by atoms with van der Waals surface area (Å²) in [5.74, 6) is 0.274. The molecule has 0 aliphatic heterocycles. The lowest BCUT2D eigenvalue weighted by atomic mass is 10.1. The molecule has 0 spiro atoms. The van der Waals surface area contributed by atoms with Gasteiger partial charge in [-0.25, -0.2) is 28.2 Å². The van der Waals surface area contributed by atoms with Crippen LogP contribution in [0.15, 0.2) is 41.4 Å². The van der Waals surface area contributed by atoms with Crippen LogP contribution in [-0.4, -0.2) is 65.1 Å². The number of nitrogens with zero attached hydrogens (tertiary/aromatic N) is 5. The summed E-state index contributed by atoms with van der Waals surface area (Å²) in [6.45, 7) is 8.78. The van der Waals surface area contributed by atoms with Crippen molar-refractivity contribution in [1.29, 1.82) is 0 Å². The number of rotatable bonds is 10. The molecule has 10 nitrogen and oxygen atoms in total. The van der Waals surface area contributed by atoms with Crippen LogP contribution in [-0.2, 0) is 16.4 Å². The van der Waals surface area contributed by atoms with E-state index in [1.807, 2.05) is 13.8 Å². The van der Waals surface area contributed by atoms with Crippen molar-refractivity contribution in [3.05, 3.63) is 47.8 Å². The van der Waals surface area contributed by atoms with Crippen LogP contribution in [0.3, 0.4) is 0 Å². The molecule has 11 heteroatoms. The first-order chi connectivity index (χ1) is 16.2. The van der Waals surface area contributed by atoms with Gasteiger partial charge in [0, 0.05) is 38.4 Å². The first kappa shape index (κ1) is 25.3. The number of carbonyl (C=O) groups is 1. The highest BCUT2D eigenvalue weighted by molar-refractivity contribution is 7.89. The number of benzene rings is 1. The number of amides is 1. The van der Waals surface area contributed by atoms with E-state index in [0.717, 1.165) is 10.5 Å². The Bertz CT molecular complexity index is 1260. The molecule has 0 aliphatic carbocycles. The minimum Gasteiger partial charge on any atom is -0.465 e. The monoisotopic (exact) mass is 486 g/mol. The summed E-state index contributed by atoms with van der Waals surface area (Å²) >= 11 is 0. The van der Waals surface area contributed by atoms with E-state index in [1.165, 1.54) is 4.31 Å². The molecule has 3 rings (SSSR count). The summed E-state index contributed by atoms with van der Waals surface area (Å²) in [4.78, 5) is 26.2. The predicted octanol–water partition coefficient (Wildman–Crippen LogP) is 3.52. The van der Waals surface area contributed by atoms with Crippen molar-refractivity contribution in [2.24, 2.45) is 0 Å². The number of sulfonamides is 1. The van der Waals surface area contributed by atoms with E-state index in [1.54, 1.807) is 50.4 Å². The highest BCUT2D eigenvalue weighted by Gasteiger charge is 2.21. The minimum absolute atomic E-state index is 0.245. The van der Waals surface area contributed by atoms with E-state index < -0.39 is 16.1 Å². The van der Waals surface area contributed by atoms with Crippen molar-refractivity contribution in [2.75, 3.05) is 36.4 Å². The van der Waals surface area contributed by atoms with Gasteiger partial charge in [0.1, 0.15) is 11.3 Å². The second kappa shape index (κ2) is 10.7. The molecule has 0 saturated carbocycles. The summed E-state index contributed by atoms with van der Waals surface area (Å²) in [6, 6.07) is 8.52. The Morgan fingerprint density at radius 1 is 1.06 bits per heavy atom. The number of pyridine rings is 1. The second-order valence-electron chi connectivity index (χ2n) is 7.65. The molecule has 0 radical (unpaired) electrons. The van der Waals surface area contributed by atoms with Crippen molar-refractivity contribution in [3.63, 3.8) is 0 Å². The van der Waals surface area contributed by atoms with E-state index in [-0.39, 0.29) is 17.3 Å². The number of hydrogen-bond donors (Lipinski definition) is 2. The largest absolute Gasteiger partial charge is 0.465 e. The summed E-state index contributed by atoms with van der Waals surface area (Å²) in [6.07, 6.45) is 1.17. The lowest BCUT2D eigenvalue weighted by molar-refractivity contribution is 0.202. The van der Waals surface area contributed by atoms with Gasteiger partial charge in [-0.3, -0.25) is 4.90 Å². The van der Waals surface area contributed by atoms with Gasteiger partial charge in [-0.1, -0.05) is 26.0 Å². The molecule has 0 atom stereocenters. The fraction of sp³-hybridized carbons (Fsp3) is 0.391. The normalized spacial score (nSPS) is 11.7. The molecular formula is C23H30N6O4S. The maximum Gasteiger partial charge on any atom is 0.413 e. The number of nitrogens with one attached hydrogen (secondary N) is 1. The average Bonchev–Trinajstić information content (AvgIpc) is 2.80. The van der Waals surface area contributed by atoms with Crippen LogP contribution in [0, 0.1) is 6.92 Å². The van der Waals surface area contributed by atoms with Crippen LogP contribution < -0.4 is 10.2 Å². The van der Waals surface area contributed by atoms with Gasteiger partial charge >= 0.3 is 6.09 Å². The third kappa shape index (κ3) is 5.42. The van der Waals surface area contributed by atoms with Crippen LogP contribution in [0.5, 0.6) is 0 Å². The number of aromatic nitrogens is 3. The minimum atomic E-state index is -3.49. The van der Waals surface area contributed by atoms with Gasteiger partial charge in [0.2, 0.25) is 10.0 Å². The molecule has 0 unspecified atom stereocenters. The van der Waals surface area contributed by atoms with Crippen LogP contribution in [0.1, 0.15) is 32.0 Å². The van der Waals surface area contributed by atoms with Gasteiger partial charge in [0.25, 0.3) is 0 Å². The van der Waals surface area contributed by atoms with E-state index in [2.05, 4.69) is 20.3 Å². The first-order valence-corrected chi connectivity index (χ1v) is 12.6. The molecule has 1 aromatic carbocycles. The van der Waals surface area contributed by atoms with E-state index in [4.69, 9.17) is 0 Å². The lowest BCUT2D eigenvalue weighted by Crippen LogP contribution is -2.30. The second-order valence-corrected chi connectivity index (χ2v) is 9.59. The molecule has 2 heterocycles. The Labute approximate surface area is 199 Å². The zero-order valence-electron chi connectivity index (χ0n) is 19.8. The smallest absolute Gasteiger partial charge is 0.413 e. The maximum absolute atomic E-state index is 12.7. The van der Waals surface area contributed by atoms with Crippen LogP contribution >= 0.6 is 0 Å². The number of anilines is 2. The average molecular weight is 487 g/mol. The summed E-state index contributed by atoms with van der Waals surface area (Å²) in [7, 11) is -3.49. The standard InChI is InChI=1S/C23H30N6O4S/c1-5-28(6-2)34(32,33)18-10-8-17(9-11-18)12-13-24-19-14-20(29(7-3)23(30)31)27-22-21(19)25-15-16(4)26-22/h8-11,14-15H,5-7,12-13H2,1-4H3,(H,30,31)(H,24,26,27). The maximum atomic E-state index is 12.7. The zero-order valence-corrected chi connectivity index (χ0v) is 20.6. The molecule has 2 aromatic heterocycles. The molecule has 3 aromatic rings. The molecular weight excluding hydrogens is 456 g/mol. The van der Waals surface area contributed by atoms with E-state index in [0.29, 0.717) is 48.6 Å². The quantitative estimate of drug-likeness (QED) is 0.445. The Balaban J connectivity index is 1.79. The summed E-state index contributed by atoms with van der Waals surface area (Å²) in [5, 5.41) is 12.8. The molecule has 1 amide bonds. The van der Waals surface area contributed by atoms with E-state index in [9.17, 15) is 18.3 Å². The Hall–Kier alpha value is -3.31. The van der Waals surface area contributed by atoms with E-state index >= 15 is 0 Å². The molecule has 0 bridgehead atoms. The number of fused-ring (bicyclic) bond motifs is 1.